The number of para-hydroxylation sites is 1. The molecule has 1 aliphatic rings. The molecule has 1 aliphatic heterocycles. The fraction of sp³-hybridized carbons (Fsp3) is 0.235. The van der Waals surface area contributed by atoms with Crippen LogP contribution in [0.4, 0.5) is 27.7 Å². The number of fused-ring (bicyclic) bond motifs is 1. The third-order valence-electron chi connectivity index (χ3n) is 7.19. The number of nitrogens with zero attached hydrogens (tertiary/aromatic N) is 3. The van der Waals surface area contributed by atoms with Gasteiger partial charge in [-0.2, -0.15) is 9.69 Å². The van der Waals surface area contributed by atoms with Crippen LogP contribution in [0.3, 0.4) is 0 Å². The molecule has 0 radical (unpaired) electrons. The number of hydrogen-bond acceptors (Lipinski definition) is 8. The molecule has 0 aliphatic carbocycles. The van der Waals surface area contributed by atoms with Gasteiger partial charge in [0.25, 0.3) is 5.82 Å². The van der Waals surface area contributed by atoms with E-state index in [1.165, 1.54) is 24.3 Å². The van der Waals surface area contributed by atoms with Gasteiger partial charge in [-0.3, -0.25) is 9.59 Å². The first-order valence-corrected chi connectivity index (χ1v) is 14.6. The SMILES string of the molecule is COC(=O)CC1CN(c2ccccc2)c2cc(NC(=O)CCCN(C(=O)OCc3ccccc3)c3cccc[n+]3[O-])ccc2O1. The number of ether oxygens (including phenoxy) is 3. The lowest BCUT2D eigenvalue weighted by molar-refractivity contribution is -0.591. The molecule has 2 amide bonds. The number of amides is 2. The highest BCUT2D eigenvalue weighted by Gasteiger charge is 2.30. The fourth-order valence-electron chi connectivity index (χ4n) is 5.00. The zero-order chi connectivity index (χ0) is 31.6. The molecule has 1 unspecified atom stereocenters. The van der Waals surface area contributed by atoms with E-state index in [0.717, 1.165) is 16.9 Å². The van der Waals surface area contributed by atoms with Gasteiger partial charge in [-0.25, -0.2) is 4.73 Å². The normalized spacial score (nSPS) is 13.6. The van der Waals surface area contributed by atoms with Crippen LogP contribution in [0.1, 0.15) is 24.8 Å². The molecule has 1 N–H and O–H groups in total. The van der Waals surface area contributed by atoms with Crippen molar-refractivity contribution in [3.05, 3.63) is 114 Å². The number of anilines is 4. The Morgan fingerprint density at radius 1 is 1.00 bits per heavy atom. The maximum atomic E-state index is 13.0. The molecule has 4 aromatic rings. The summed E-state index contributed by atoms with van der Waals surface area (Å²) in [6, 6.07) is 29.0. The summed E-state index contributed by atoms with van der Waals surface area (Å²) in [6.07, 6.45) is 0.674. The number of aromatic nitrogens is 1. The van der Waals surface area contributed by atoms with Crippen LogP contribution >= 0.6 is 0 Å². The Morgan fingerprint density at radius 2 is 1.73 bits per heavy atom. The second-order valence-electron chi connectivity index (χ2n) is 10.4. The van der Waals surface area contributed by atoms with Crippen LogP contribution < -0.4 is 24.6 Å². The van der Waals surface area contributed by atoms with Gasteiger partial charge in [-0.15, -0.1) is 0 Å². The summed E-state index contributed by atoms with van der Waals surface area (Å²) in [4.78, 5) is 41.3. The average molecular weight is 611 g/mol. The van der Waals surface area contributed by atoms with Gasteiger partial charge in [0, 0.05) is 23.9 Å². The molecule has 45 heavy (non-hydrogen) atoms. The van der Waals surface area contributed by atoms with Gasteiger partial charge >= 0.3 is 12.1 Å². The molecule has 0 saturated heterocycles. The molecule has 11 nitrogen and oxygen atoms in total. The van der Waals surface area contributed by atoms with Crippen LogP contribution in [0.15, 0.2) is 103 Å². The van der Waals surface area contributed by atoms with Crippen molar-refractivity contribution in [3.8, 4) is 5.75 Å². The molecular formula is C34H34N4O7. The Hall–Kier alpha value is -5.58. The van der Waals surface area contributed by atoms with Crippen molar-refractivity contribution in [2.75, 3.05) is 35.3 Å². The van der Waals surface area contributed by atoms with E-state index >= 15 is 0 Å². The van der Waals surface area contributed by atoms with Crippen LogP contribution in [0.25, 0.3) is 0 Å². The third kappa shape index (κ3) is 8.08. The molecule has 0 fully saturated rings. The number of carbonyl (C=O) groups is 3. The standard InChI is InChI=1S/C34H34N4O7/c1-43-33(40)22-28-23-37(27-13-6-3-7-14-27)29-21-26(17-18-30(29)45-28)35-31(39)15-10-19-36(32-16-8-9-20-38(32)42)34(41)44-24-25-11-4-2-5-12-25/h2-9,11-14,16-18,20-21,28H,10,15,19,22-24H2,1H3,(H,35,39). The lowest BCUT2D eigenvalue weighted by atomic mass is 10.1. The predicted molar refractivity (Wildman–Crippen MR) is 168 cm³/mol. The second kappa shape index (κ2) is 14.7. The largest absolute Gasteiger partial charge is 0.711 e. The van der Waals surface area contributed by atoms with Crippen molar-refractivity contribution in [2.24, 2.45) is 0 Å². The molecule has 5 rings (SSSR count). The number of nitrogens with one attached hydrogen (secondary N) is 1. The molecule has 0 saturated carbocycles. The lowest BCUT2D eigenvalue weighted by Crippen LogP contribution is -2.42. The van der Waals surface area contributed by atoms with Crippen molar-refractivity contribution in [2.45, 2.75) is 32.0 Å². The van der Waals surface area contributed by atoms with E-state index < -0.39 is 12.2 Å². The maximum absolute atomic E-state index is 13.0. The van der Waals surface area contributed by atoms with Gasteiger partial charge in [0.2, 0.25) is 5.91 Å². The van der Waals surface area contributed by atoms with E-state index in [-0.39, 0.29) is 50.1 Å². The van der Waals surface area contributed by atoms with Crippen molar-refractivity contribution in [1.29, 1.82) is 0 Å². The Morgan fingerprint density at radius 3 is 2.47 bits per heavy atom. The summed E-state index contributed by atoms with van der Waals surface area (Å²) >= 11 is 0. The Kier molecular flexibility index (Phi) is 10.1. The lowest BCUT2D eigenvalue weighted by Gasteiger charge is -2.36. The number of benzene rings is 3. The molecule has 3 aromatic carbocycles. The third-order valence-corrected chi connectivity index (χ3v) is 7.19. The summed E-state index contributed by atoms with van der Waals surface area (Å²) in [7, 11) is 1.35. The first kappa shape index (κ1) is 30.9. The molecule has 1 atom stereocenters. The quantitative estimate of drug-likeness (QED) is 0.137. The second-order valence-corrected chi connectivity index (χ2v) is 10.4. The van der Waals surface area contributed by atoms with Gasteiger partial charge in [0.05, 0.1) is 38.5 Å². The molecular weight excluding hydrogens is 576 g/mol. The molecule has 11 heteroatoms. The minimum Gasteiger partial charge on any atom is -0.711 e. The van der Waals surface area contributed by atoms with E-state index in [0.29, 0.717) is 22.7 Å². The fourth-order valence-corrected chi connectivity index (χ4v) is 5.00. The van der Waals surface area contributed by atoms with E-state index in [1.54, 1.807) is 24.3 Å². The highest BCUT2D eigenvalue weighted by molar-refractivity contribution is 5.92. The Balaban J connectivity index is 1.24. The Labute approximate surface area is 261 Å². The minimum absolute atomic E-state index is 0.0494. The van der Waals surface area contributed by atoms with E-state index in [9.17, 15) is 19.6 Å². The van der Waals surface area contributed by atoms with E-state index in [1.807, 2.05) is 71.6 Å². The smallest absolute Gasteiger partial charge is 0.507 e. The number of hydrogen-bond donors (Lipinski definition) is 1. The highest BCUT2D eigenvalue weighted by atomic mass is 16.6. The van der Waals surface area contributed by atoms with E-state index in [4.69, 9.17) is 14.2 Å². The average Bonchev–Trinajstić information content (AvgIpc) is 3.06. The van der Waals surface area contributed by atoms with Gasteiger partial charge in [0.1, 0.15) is 18.5 Å². The number of carbonyl (C=O) groups excluding carboxylic acids is 3. The molecule has 2 heterocycles. The van der Waals surface area contributed by atoms with Gasteiger partial charge in [-0.1, -0.05) is 54.6 Å². The van der Waals surface area contributed by atoms with Gasteiger partial charge < -0.3 is 29.6 Å². The van der Waals surface area contributed by atoms with Crippen molar-refractivity contribution in [3.63, 3.8) is 0 Å². The van der Waals surface area contributed by atoms with Crippen molar-refractivity contribution in [1.82, 2.24) is 0 Å². The summed E-state index contributed by atoms with van der Waals surface area (Å²) in [6.45, 7) is 0.557. The summed E-state index contributed by atoms with van der Waals surface area (Å²) < 4.78 is 17.0. The van der Waals surface area contributed by atoms with Crippen LogP contribution in [-0.4, -0.2) is 44.3 Å². The Bertz CT molecular complexity index is 1620. The topological polar surface area (TPSA) is 124 Å². The van der Waals surface area contributed by atoms with Crippen LogP contribution in [0, 0.1) is 5.21 Å². The molecule has 0 spiro atoms. The number of rotatable bonds is 11. The van der Waals surface area contributed by atoms with E-state index in [2.05, 4.69) is 5.32 Å². The first-order chi connectivity index (χ1) is 21.9. The van der Waals surface area contributed by atoms with Crippen molar-refractivity contribution >= 4 is 40.8 Å². The van der Waals surface area contributed by atoms with Crippen LogP contribution in [-0.2, 0) is 25.7 Å². The first-order valence-electron chi connectivity index (χ1n) is 14.6. The summed E-state index contributed by atoms with van der Waals surface area (Å²) in [5.41, 5.74) is 3.04. The predicted octanol–water partition coefficient (Wildman–Crippen LogP) is 5.34. The summed E-state index contributed by atoms with van der Waals surface area (Å²) in [5.74, 6) is 0.0653. The molecule has 232 valence electrons. The maximum Gasteiger partial charge on any atom is 0.507 e. The zero-order valence-electron chi connectivity index (χ0n) is 24.8. The molecule has 1 aromatic heterocycles. The zero-order valence-corrected chi connectivity index (χ0v) is 24.8. The van der Waals surface area contributed by atoms with Gasteiger partial charge in [0.15, 0.2) is 0 Å². The number of methoxy groups -OCH3 is 1. The van der Waals surface area contributed by atoms with Crippen molar-refractivity contribution < 1.29 is 33.3 Å². The highest BCUT2D eigenvalue weighted by Crippen LogP contribution is 2.40. The van der Waals surface area contributed by atoms with Gasteiger partial charge in [-0.05, 0) is 48.4 Å². The van der Waals surface area contributed by atoms with Crippen LogP contribution in [0.5, 0.6) is 5.75 Å². The summed E-state index contributed by atoms with van der Waals surface area (Å²) in [5, 5.41) is 15.4. The number of pyridine rings is 1. The molecule has 0 bridgehead atoms. The minimum atomic E-state index is -0.684. The number of esters is 1. The monoisotopic (exact) mass is 610 g/mol. The van der Waals surface area contributed by atoms with Crippen LogP contribution in [0.2, 0.25) is 0 Å².